The van der Waals surface area contributed by atoms with Gasteiger partial charge in [0.1, 0.15) is 5.76 Å². The third kappa shape index (κ3) is 1.60. The van der Waals surface area contributed by atoms with E-state index in [-0.39, 0.29) is 12.0 Å². The lowest BCUT2D eigenvalue weighted by molar-refractivity contribution is 0.112. The van der Waals surface area contributed by atoms with Crippen molar-refractivity contribution in [1.82, 2.24) is 10.1 Å². The van der Waals surface area contributed by atoms with Crippen molar-refractivity contribution in [1.29, 1.82) is 0 Å². The first-order valence-corrected chi connectivity index (χ1v) is 5.02. The van der Waals surface area contributed by atoms with E-state index in [0.29, 0.717) is 19.0 Å². The lowest BCUT2D eigenvalue weighted by Crippen LogP contribution is -2.37. The molecular formula is C10H14N2O4. The number of rotatable bonds is 1. The summed E-state index contributed by atoms with van der Waals surface area (Å²) >= 11 is 0. The predicted molar refractivity (Wildman–Crippen MR) is 54.3 cm³/mol. The molecule has 6 heteroatoms. The second-order valence-electron chi connectivity index (χ2n) is 3.79. The molecule has 88 valence electrons. The summed E-state index contributed by atoms with van der Waals surface area (Å²) in [5.41, 5.74) is 0.826. The van der Waals surface area contributed by atoms with E-state index in [1.165, 1.54) is 14.2 Å². The van der Waals surface area contributed by atoms with Crippen LogP contribution in [0.5, 0.6) is 5.88 Å². The topological polar surface area (TPSA) is 64.8 Å². The molecule has 0 N–H and O–H groups in total. The first-order chi connectivity index (χ1) is 7.67. The number of amides is 1. The molecular weight excluding hydrogens is 212 g/mol. The number of methoxy groups -OCH3 is 2. The Bertz CT molecular complexity index is 402. The maximum atomic E-state index is 11.5. The smallest absolute Gasteiger partial charge is 0.409 e. The number of carbonyl (C=O) groups is 1. The summed E-state index contributed by atoms with van der Waals surface area (Å²) < 4.78 is 15.0. The highest BCUT2D eigenvalue weighted by Gasteiger charge is 2.32. The van der Waals surface area contributed by atoms with Crippen LogP contribution in [0.15, 0.2) is 4.52 Å². The highest BCUT2D eigenvalue weighted by Crippen LogP contribution is 2.33. The molecule has 2 rings (SSSR count). The maximum Gasteiger partial charge on any atom is 0.409 e. The van der Waals surface area contributed by atoms with Crippen LogP contribution >= 0.6 is 0 Å². The molecule has 1 aliphatic heterocycles. The van der Waals surface area contributed by atoms with Crippen molar-refractivity contribution in [2.45, 2.75) is 19.4 Å². The Kier molecular flexibility index (Phi) is 2.72. The summed E-state index contributed by atoms with van der Waals surface area (Å²) in [5, 5.41) is 3.81. The average Bonchev–Trinajstić information content (AvgIpc) is 2.71. The van der Waals surface area contributed by atoms with Crippen molar-refractivity contribution in [3.8, 4) is 5.88 Å². The molecule has 0 aliphatic carbocycles. The van der Waals surface area contributed by atoms with E-state index < -0.39 is 0 Å². The number of ether oxygens (including phenoxy) is 2. The summed E-state index contributed by atoms with van der Waals surface area (Å²) in [5.74, 6) is 1.33. The average molecular weight is 226 g/mol. The van der Waals surface area contributed by atoms with Gasteiger partial charge in [0.15, 0.2) is 0 Å². The Balaban J connectivity index is 2.29. The summed E-state index contributed by atoms with van der Waals surface area (Å²) in [6, 6.07) is 0. The molecule has 1 aromatic heterocycles. The molecule has 1 amide bonds. The van der Waals surface area contributed by atoms with Gasteiger partial charge in [-0.3, -0.25) is 0 Å². The standard InChI is InChI=1S/C10H14N2O4/c1-6-4-12(10(13)15-3)5-7-8(6)16-11-9(7)14-2/h6H,4-5H2,1-3H3. The van der Waals surface area contributed by atoms with Gasteiger partial charge in [0.05, 0.1) is 26.3 Å². The summed E-state index contributed by atoms with van der Waals surface area (Å²) in [6.45, 7) is 2.95. The van der Waals surface area contributed by atoms with Gasteiger partial charge >= 0.3 is 6.09 Å². The largest absolute Gasteiger partial charge is 0.479 e. The molecule has 6 nitrogen and oxygen atoms in total. The highest BCUT2D eigenvalue weighted by atomic mass is 16.5. The van der Waals surface area contributed by atoms with E-state index in [0.717, 1.165) is 11.3 Å². The minimum Gasteiger partial charge on any atom is -0.479 e. The van der Waals surface area contributed by atoms with E-state index in [9.17, 15) is 4.79 Å². The van der Waals surface area contributed by atoms with Gasteiger partial charge in [0.25, 0.3) is 5.88 Å². The maximum absolute atomic E-state index is 11.5. The zero-order valence-electron chi connectivity index (χ0n) is 9.52. The molecule has 0 spiro atoms. The Morgan fingerprint density at radius 1 is 1.56 bits per heavy atom. The molecule has 0 radical (unpaired) electrons. The number of nitrogens with zero attached hydrogens (tertiary/aromatic N) is 2. The van der Waals surface area contributed by atoms with Crippen LogP contribution in [0, 0.1) is 0 Å². The van der Waals surface area contributed by atoms with Gasteiger partial charge in [-0.25, -0.2) is 4.79 Å². The van der Waals surface area contributed by atoms with Crippen LogP contribution in [0.2, 0.25) is 0 Å². The second kappa shape index (κ2) is 4.03. The number of carbonyl (C=O) groups excluding carboxylic acids is 1. The van der Waals surface area contributed by atoms with Gasteiger partial charge in [-0.15, -0.1) is 0 Å². The van der Waals surface area contributed by atoms with E-state index in [1.807, 2.05) is 6.92 Å². The first-order valence-electron chi connectivity index (χ1n) is 5.02. The van der Waals surface area contributed by atoms with Crippen molar-refractivity contribution in [3.63, 3.8) is 0 Å². The van der Waals surface area contributed by atoms with Crippen LogP contribution < -0.4 is 4.74 Å². The molecule has 1 unspecified atom stereocenters. The normalized spacial score (nSPS) is 19.2. The zero-order valence-corrected chi connectivity index (χ0v) is 9.52. The molecule has 0 bridgehead atoms. The number of aromatic nitrogens is 1. The molecule has 0 saturated carbocycles. The zero-order chi connectivity index (χ0) is 11.7. The molecule has 0 fully saturated rings. The molecule has 0 aromatic carbocycles. The Morgan fingerprint density at radius 3 is 2.94 bits per heavy atom. The van der Waals surface area contributed by atoms with Crippen LogP contribution in [0.3, 0.4) is 0 Å². The highest BCUT2D eigenvalue weighted by molar-refractivity contribution is 5.68. The van der Waals surface area contributed by atoms with Crippen molar-refractivity contribution >= 4 is 6.09 Å². The summed E-state index contributed by atoms with van der Waals surface area (Å²) in [4.78, 5) is 13.1. The molecule has 1 aromatic rings. The first kappa shape index (κ1) is 10.8. The van der Waals surface area contributed by atoms with Gasteiger partial charge in [0, 0.05) is 12.5 Å². The molecule has 16 heavy (non-hydrogen) atoms. The van der Waals surface area contributed by atoms with Gasteiger partial charge in [-0.1, -0.05) is 6.92 Å². The Hall–Kier alpha value is -1.72. The van der Waals surface area contributed by atoms with Gasteiger partial charge in [-0.05, 0) is 5.16 Å². The van der Waals surface area contributed by atoms with Crippen LogP contribution in [0.25, 0.3) is 0 Å². The van der Waals surface area contributed by atoms with E-state index >= 15 is 0 Å². The fraction of sp³-hybridized carbons (Fsp3) is 0.600. The second-order valence-corrected chi connectivity index (χ2v) is 3.79. The number of hydrogen-bond donors (Lipinski definition) is 0. The predicted octanol–water partition coefficient (Wildman–Crippen LogP) is 1.37. The lowest BCUT2D eigenvalue weighted by atomic mass is 9.99. The molecule has 1 atom stereocenters. The third-order valence-corrected chi connectivity index (χ3v) is 2.70. The van der Waals surface area contributed by atoms with Crippen LogP contribution in [0.1, 0.15) is 24.2 Å². The number of hydrogen-bond acceptors (Lipinski definition) is 5. The molecule has 1 aliphatic rings. The summed E-state index contributed by atoms with van der Waals surface area (Å²) in [7, 11) is 2.90. The fourth-order valence-corrected chi connectivity index (χ4v) is 1.94. The minimum absolute atomic E-state index is 0.0965. The lowest BCUT2D eigenvalue weighted by Gasteiger charge is -2.28. The minimum atomic E-state index is -0.347. The summed E-state index contributed by atoms with van der Waals surface area (Å²) in [6.07, 6.45) is -0.347. The SMILES string of the molecule is COC(=O)N1Cc2c(OC)noc2C(C)C1. The van der Waals surface area contributed by atoms with Gasteiger partial charge in [-0.2, -0.15) is 0 Å². The third-order valence-electron chi connectivity index (χ3n) is 2.70. The van der Waals surface area contributed by atoms with Gasteiger partial charge < -0.3 is 18.9 Å². The Morgan fingerprint density at radius 2 is 2.31 bits per heavy atom. The molecule has 2 heterocycles. The van der Waals surface area contributed by atoms with Crippen LogP contribution in [-0.2, 0) is 11.3 Å². The fourth-order valence-electron chi connectivity index (χ4n) is 1.94. The molecule has 0 saturated heterocycles. The Labute approximate surface area is 93.1 Å². The monoisotopic (exact) mass is 226 g/mol. The van der Waals surface area contributed by atoms with E-state index in [4.69, 9.17) is 14.0 Å². The van der Waals surface area contributed by atoms with E-state index in [1.54, 1.807) is 4.90 Å². The number of fused-ring (bicyclic) bond motifs is 1. The quantitative estimate of drug-likeness (QED) is 0.723. The van der Waals surface area contributed by atoms with Gasteiger partial charge in [0.2, 0.25) is 0 Å². The van der Waals surface area contributed by atoms with Crippen molar-refractivity contribution in [2.24, 2.45) is 0 Å². The van der Waals surface area contributed by atoms with Crippen molar-refractivity contribution in [2.75, 3.05) is 20.8 Å². The van der Waals surface area contributed by atoms with Crippen molar-refractivity contribution < 1.29 is 18.8 Å². The van der Waals surface area contributed by atoms with Crippen molar-refractivity contribution in [3.05, 3.63) is 11.3 Å². The van der Waals surface area contributed by atoms with E-state index in [2.05, 4.69) is 5.16 Å². The van der Waals surface area contributed by atoms with Crippen LogP contribution in [0.4, 0.5) is 4.79 Å². The van der Waals surface area contributed by atoms with Crippen LogP contribution in [-0.4, -0.2) is 36.9 Å².